The smallest absolute Gasteiger partial charge is 0.404 e. The van der Waals surface area contributed by atoms with Crippen LogP contribution in [-0.2, 0) is 4.74 Å². The lowest BCUT2D eigenvalue weighted by atomic mass is 9.96. The lowest BCUT2D eigenvalue weighted by molar-refractivity contribution is 0.0591. The fraction of sp³-hybridized carbons (Fsp3) is 0.857. The number of hydrogen-bond acceptors (Lipinski definition) is 2. The molecule has 0 saturated heterocycles. The van der Waals surface area contributed by atoms with Crippen LogP contribution in [0.15, 0.2) is 0 Å². The van der Waals surface area contributed by atoms with Gasteiger partial charge >= 0.3 is 6.09 Å². The van der Waals surface area contributed by atoms with Gasteiger partial charge in [-0.05, 0) is 19.3 Å². The molecular formula is C7H15NO2. The van der Waals surface area contributed by atoms with Crippen LogP contribution in [0.2, 0.25) is 0 Å². The molecule has 1 rings (SSSR count). The van der Waals surface area contributed by atoms with Gasteiger partial charge in [0, 0.05) is 0 Å². The Morgan fingerprint density at radius 1 is 1.50 bits per heavy atom. The Morgan fingerprint density at radius 2 is 2.00 bits per heavy atom. The van der Waals surface area contributed by atoms with Crippen LogP contribution in [0.1, 0.15) is 33.1 Å². The molecule has 0 atom stereocenters. The van der Waals surface area contributed by atoms with Gasteiger partial charge in [-0.15, -0.1) is 0 Å². The highest BCUT2D eigenvalue weighted by molar-refractivity contribution is 5.64. The van der Waals surface area contributed by atoms with E-state index in [1.165, 1.54) is 0 Å². The van der Waals surface area contributed by atoms with Gasteiger partial charge in [-0.2, -0.15) is 0 Å². The number of nitrogens with two attached hydrogens (primary N) is 1. The zero-order valence-electron chi connectivity index (χ0n) is 6.59. The van der Waals surface area contributed by atoms with Crippen LogP contribution in [0, 0.1) is 0 Å². The van der Waals surface area contributed by atoms with E-state index in [2.05, 4.69) is 4.74 Å². The number of ether oxygens (including phenoxy) is 1. The molecule has 0 aromatic rings. The van der Waals surface area contributed by atoms with Gasteiger partial charge in [0.05, 0.1) is 0 Å². The van der Waals surface area contributed by atoms with Crippen LogP contribution < -0.4 is 5.73 Å². The van der Waals surface area contributed by atoms with E-state index in [0.29, 0.717) is 0 Å². The summed E-state index contributed by atoms with van der Waals surface area (Å²) in [5, 5.41) is 0. The largest absolute Gasteiger partial charge is 0.446 e. The summed E-state index contributed by atoms with van der Waals surface area (Å²) in [7, 11) is 0. The summed E-state index contributed by atoms with van der Waals surface area (Å²) < 4.78 is 4.62. The molecule has 1 amide bonds. The number of rotatable bonds is 1. The van der Waals surface area contributed by atoms with Crippen molar-refractivity contribution in [2.24, 2.45) is 5.73 Å². The average Bonchev–Trinajstić information content (AvgIpc) is 1.84. The van der Waals surface area contributed by atoms with Crippen LogP contribution in [0.25, 0.3) is 0 Å². The Balaban J connectivity index is 0.000000371. The van der Waals surface area contributed by atoms with E-state index in [1.807, 2.05) is 13.8 Å². The fourth-order valence-corrected chi connectivity index (χ4v) is 0.653. The lowest BCUT2D eigenvalue weighted by Crippen LogP contribution is -2.27. The molecule has 0 unspecified atom stereocenters. The van der Waals surface area contributed by atoms with Gasteiger partial charge < -0.3 is 10.5 Å². The third-order valence-corrected chi connectivity index (χ3v) is 1.34. The summed E-state index contributed by atoms with van der Waals surface area (Å²) in [6.07, 6.45) is 2.63. The molecule has 0 heterocycles. The summed E-state index contributed by atoms with van der Waals surface area (Å²) >= 11 is 0. The molecule has 1 aliphatic carbocycles. The fourth-order valence-electron chi connectivity index (χ4n) is 0.653. The predicted molar refractivity (Wildman–Crippen MR) is 39.7 cm³/mol. The van der Waals surface area contributed by atoms with Crippen LogP contribution in [0.4, 0.5) is 4.79 Å². The highest BCUT2D eigenvalue weighted by Crippen LogP contribution is 2.21. The molecule has 0 aromatic carbocycles. The van der Waals surface area contributed by atoms with E-state index in [9.17, 15) is 4.79 Å². The molecule has 0 radical (unpaired) electrons. The van der Waals surface area contributed by atoms with Crippen molar-refractivity contribution in [3.8, 4) is 0 Å². The Kier molecular flexibility index (Phi) is 4.72. The molecule has 10 heavy (non-hydrogen) atoms. The lowest BCUT2D eigenvalue weighted by Gasteiger charge is -2.23. The molecule has 3 heteroatoms. The van der Waals surface area contributed by atoms with Gasteiger partial charge in [-0.1, -0.05) is 13.8 Å². The van der Waals surface area contributed by atoms with Crippen molar-refractivity contribution in [2.75, 3.05) is 0 Å². The molecule has 0 aromatic heterocycles. The second kappa shape index (κ2) is 5.09. The summed E-state index contributed by atoms with van der Waals surface area (Å²) in [4.78, 5) is 10.0. The topological polar surface area (TPSA) is 52.3 Å². The Labute approximate surface area is 61.5 Å². The predicted octanol–water partition coefficient (Wildman–Crippen LogP) is 1.66. The number of carbonyl (C=O) groups excluding carboxylic acids is 1. The highest BCUT2D eigenvalue weighted by atomic mass is 16.6. The summed E-state index contributed by atoms with van der Waals surface area (Å²) in [6, 6.07) is 0. The second-order valence-corrected chi connectivity index (χ2v) is 1.99. The first kappa shape index (κ1) is 9.27. The minimum atomic E-state index is -0.644. The Hall–Kier alpha value is -0.730. The van der Waals surface area contributed by atoms with Crippen LogP contribution >= 0.6 is 0 Å². The second-order valence-electron chi connectivity index (χ2n) is 1.99. The number of amides is 1. The van der Waals surface area contributed by atoms with Gasteiger partial charge in [0.15, 0.2) is 0 Å². The molecule has 0 spiro atoms. The van der Waals surface area contributed by atoms with E-state index in [4.69, 9.17) is 5.73 Å². The van der Waals surface area contributed by atoms with Gasteiger partial charge in [0.1, 0.15) is 6.10 Å². The molecule has 0 aliphatic heterocycles. The van der Waals surface area contributed by atoms with E-state index >= 15 is 0 Å². The molecule has 60 valence electrons. The minimum Gasteiger partial charge on any atom is -0.446 e. The quantitative estimate of drug-likeness (QED) is 0.610. The van der Waals surface area contributed by atoms with Gasteiger partial charge in [-0.3, -0.25) is 0 Å². The van der Waals surface area contributed by atoms with Crippen molar-refractivity contribution in [3.05, 3.63) is 0 Å². The van der Waals surface area contributed by atoms with E-state index in [1.54, 1.807) is 0 Å². The van der Waals surface area contributed by atoms with Crippen molar-refractivity contribution >= 4 is 6.09 Å². The van der Waals surface area contributed by atoms with Gasteiger partial charge in [0.25, 0.3) is 0 Å². The van der Waals surface area contributed by atoms with E-state index in [0.717, 1.165) is 19.3 Å². The highest BCUT2D eigenvalue weighted by Gasteiger charge is 2.19. The number of carbonyl (C=O) groups is 1. The Bertz CT molecular complexity index is 99.8. The summed E-state index contributed by atoms with van der Waals surface area (Å²) in [6.45, 7) is 4.00. The van der Waals surface area contributed by atoms with Crippen molar-refractivity contribution in [3.63, 3.8) is 0 Å². The number of primary amides is 1. The molecule has 2 N–H and O–H groups in total. The van der Waals surface area contributed by atoms with Gasteiger partial charge in [0.2, 0.25) is 0 Å². The van der Waals surface area contributed by atoms with E-state index in [-0.39, 0.29) is 6.10 Å². The normalized spacial score (nSPS) is 16.2. The maximum atomic E-state index is 10.0. The zero-order valence-corrected chi connectivity index (χ0v) is 6.59. The van der Waals surface area contributed by atoms with Crippen molar-refractivity contribution in [1.82, 2.24) is 0 Å². The first-order chi connectivity index (χ1) is 4.79. The minimum absolute atomic E-state index is 0.132. The summed E-state index contributed by atoms with van der Waals surface area (Å²) in [5.41, 5.74) is 4.74. The van der Waals surface area contributed by atoms with Crippen LogP contribution in [0.5, 0.6) is 0 Å². The average molecular weight is 145 g/mol. The van der Waals surface area contributed by atoms with Crippen molar-refractivity contribution < 1.29 is 9.53 Å². The van der Waals surface area contributed by atoms with E-state index < -0.39 is 6.09 Å². The zero-order chi connectivity index (χ0) is 7.98. The third kappa shape index (κ3) is 3.33. The maximum Gasteiger partial charge on any atom is 0.404 e. The summed E-state index contributed by atoms with van der Waals surface area (Å²) in [5.74, 6) is 0. The maximum absolute atomic E-state index is 10.0. The van der Waals surface area contributed by atoms with Crippen molar-refractivity contribution in [1.29, 1.82) is 0 Å². The molecular weight excluding hydrogens is 130 g/mol. The Morgan fingerprint density at radius 3 is 2.10 bits per heavy atom. The monoisotopic (exact) mass is 145 g/mol. The van der Waals surface area contributed by atoms with Crippen molar-refractivity contribution in [2.45, 2.75) is 39.2 Å². The molecule has 1 saturated carbocycles. The molecule has 1 aliphatic rings. The first-order valence-electron chi connectivity index (χ1n) is 3.75. The SMILES string of the molecule is CC.NC(=O)OC1CCC1. The number of hydrogen-bond donors (Lipinski definition) is 1. The standard InChI is InChI=1S/C5H9NO2.C2H6/c6-5(7)8-4-2-1-3-4;1-2/h4H,1-3H2,(H2,6,7);1-2H3. The molecule has 3 nitrogen and oxygen atoms in total. The first-order valence-corrected chi connectivity index (χ1v) is 3.75. The van der Waals surface area contributed by atoms with Crippen LogP contribution in [0.3, 0.4) is 0 Å². The van der Waals surface area contributed by atoms with Gasteiger partial charge in [-0.25, -0.2) is 4.79 Å². The molecule has 1 fully saturated rings. The molecule has 0 bridgehead atoms. The van der Waals surface area contributed by atoms with Crippen LogP contribution in [-0.4, -0.2) is 12.2 Å². The third-order valence-electron chi connectivity index (χ3n) is 1.34.